The minimum absolute atomic E-state index is 0.0590. The molecule has 3 aliphatic rings. The van der Waals surface area contributed by atoms with Crippen LogP contribution in [0.3, 0.4) is 0 Å². The van der Waals surface area contributed by atoms with Crippen LogP contribution in [0.2, 0.25) is 0 Å². The second-order valence-corrected chi connectivity index (χ2v) is 9.62. The number of nitrogens with two attached hydrogens (primary N) is 1. The standard InChI is InChI=1S/C14H23NO2.C6H6O3S/c1-2-10(13(16)17)14(7-15)11-4-3-8-5-9(11)12(14)6-8;7-10(8,9)6-4-2-1-3-5-6/h8-12H,2-7,15H2,1H3,(H,16,17);1-5H,(H,7,8,9)/t8-,9-,10?,11?,12-,14+;/m0./s1. The van der Waals surface area contributed by atoms with Crippen molar-refractivity contribution in [2.45, 2.75) is 43.9 Å². The molecular weight excluding hydrogens is 366 g/mol. The Morgan fingerprint density at radius 3 is 2.37 bits per heavy atom. The number of hydrogen-bond donors (Lipinski definition) is 3. The van der Waals surface area contributed by atoms with Gasteiger partial charge in [0.05, 0.1) is 10.8 Å². The SMILES string of the molecule is CCC(C(=O)O)[C@]1(CN)C2CC[C@H]3C[C@@H]2[C@@H]1C3.O=S(=O)(O)c1ccccc1. The summed E-state index contributed by atoms with van der Waals surface area (Å²) in [5, 5.41) is 9.50. The van der Waals surface area contributed by atoms with Crippen molar-refractivity contribution in [3.63, 3.8) is 0 Å². The molecule has 0 spiro atoms. The third kappa shape index (κ3) is 3.41. The Labute approximate surface area is 160 Å². The van der Waals surface area contributed by atoms with Crippen molar-refractivity contribution in [3.8, 4) is 0 Å². The van der Waals surface area contributed by atoms with Gasteiger partial charge in [0, 0.05) is 5.41 Å². The first-order valence-electron chi connectivity index (χ1n) is 9.71. The third-order valence-electron chi connectivity index (χ3n) is 7.24. The minimum Gasteiger partial charge on any atom is -0.481 e. The molecule has 3 saturated carbocycles. The molecule has 4 N–H and O–H groups in total. The van der Waals surface area contributed by atoms with Gasteiger partial charge in [-0.15, -0.1) is 0 Å². The number of carboxylic acid groups (broad SMARTS) is 1. The predicted molar refractivity (Wildman–Crippen MR) is 102 cm³/mol. The summed E-state index contributed by atoms with van der Waals surface area (Å²) < 4.78 is 29.2. The first-order chi connectivity index (χ1) is 12.8. The number of hydrogen-bond acceptors (Lipinski definition) is 4. The van der Waals surface area contributed by atoms with Crippen molar-refractivity contribution in [2.24, 2.45) is 40.7 Å². The second-order valence-electron chi connectivity index (χ2n) is 8.20. The Balaban J connectivity index is 0.000000180. The molecule has 0 radical (unpaired) electrons. The van der Waals surface area contributed by atoms with Gasteiger partial charge in [0.25, 0.3) is 10.1 Å². The fourth-order valence-electron chi connectivity index (χ4n) is 6.27. The molecule has 7 heteroatoms. The molecule has 0 amide bonds. The second kappa shape index (κ2) is 7.53. The fraction of sp³-hybridized carbons (Fsp3) is 0.650. The van der Waals surface area contributed by atoms with E-state index in [9.17, 15) is 18.3 Å². The summed E-state index contributed by atoms with van der Waals surface area (Å²) in [6, 6.07) is 7.42. The van der Waals surface area contributed by atoms with E-state index in [4.69, 9.17) is 10.3 Å². The quantitative estimate of drug-likeness (QED) is 0.660. The van der Waals surface area contributed by atoms with E-state index in [1.165, 1.54) is 37.8 Å². The average molecular weight is 396 g/mol. The summed E-state index contributed by atoms with van der Waals surface area (Å²) in [5.41, 5.74) is 6.00. The molecule has 2 bridgehead atoms. The van der Waals surface area contributed by atoms with Crippen LogP contribution in [0.4, 0.5) is 0 Å². The van der Waals surface area contributed by atoms with E-state index in [1.54, 1.807) is 18.2 Å². The molecule has 1 aromatic rings. The summed E-state index contributed by atoms with van der Waals surface area (Å²) in [5.74, 6) is 2.08. The molecule has 27 heavy (non-hydrogen) atoms. The van der Waals surface area contributed by atoms with Gasteiger partial charge in [-0.1, -0.05) is 31.5 Å². The minimum atomic E-state index is -4.00. The number of benzene rings is 1. The Morgan fingerprint density at radius 2 is 1.89 bits per heavy atom. The van der Waals surface area contributed by atoms with Gasteiger partial charge < -0.3 is 10.8 Å². The Bertz CT molecular complexity index is 773. The van der Waals surface area contributed by atoms with E-state index < -0.39 is 16.1 Å². The van der Waals surface area contributed by atoms with Crippen LogP contribution in [0.15, 0.2) is 35.2 Å². The zero-order chi connectivity index (χ0) is 19.8. The molecule has 150 valence electrons. The van der Waals surface area contributed by atoms with Crippen LogP contribution in [0.25, 0.3) is 0 Å². The van der Waals surface area contributed by atoms with Crippen molar-refractivity contribution in [3.05, 3.63) is 30.3 Å². The summed E-state index contributed by atoms with van der Waals surface area (Å²) >= 11 is 0. The maximum absolute atomic E-state index is 11.5. The first-order valence-corrected chi connectivity index (χ1v) is 11.1. The van der Waals surface area contributed by atoms with E-state index >= 15 is 0 Å². The number of carboxylic acids is 1. The van der Waals surface area contributed by atoms with E-state index in [1.807, 2.05) is 6.92 Å². The van der Waals surface area contributed by atoms with Gasteiger partial charge in [-0.05, 0) is 68.0 Å². The highest BCUT2D eigenvalue weighted by atomic mass is 32.2. The lowest BCUT2D eigenvalue weighted by molar-refractivity contribution is -0.177. The van der Waals surface area contributed by atoms with Crippen molar-refractivity contribution >= 4 is 16.1 Å². The topological polar surface area (TPSA) is 118 Å². The van der Waals surface area contributed by atoms with Gasteiger partial charge in [0.1, 0.15) is 0 Å². The van der Waals surface area contributed by atoms with E-state index in [0.29, 0.717) is 18.4 Å². The molecule has 1 aromatic carbocycles. The number of aliphatic carboxylic acids is 1. The van der Waals surface area contributed by atoms with Crippen LogP contribution < -0.4 is 5.73 Å². The molecule has 3 aliphatic carbocycles. The molecule has 2 unspecified atom stereocenters. The van der Waals surface area contributed by atoms with E-state index in [2.05, 4.69) is 0 Å². The summed E-state index contributed by atoms with van der Waals surface area (Å²) in [6.07, 6.45) is 5.88. The molecule has 0 aliphatic heterocycles. The zero-order valence-corrected chi connectivity index (χ0v) is 16.4. The van der Waals surface area contributed by atoms with E-state index in [-0.39, 0.29) is 16.2 Å². The van der Waals surface area contributed by atoms with Crippen molar-refractivity contribution < 1.29 is 22.9 Å². The number of carbonyl (C=O) groups is 1. The molecule has 3 fully saturated rings. The van der Waals surface area contributed by atoms with Crippen LogP contribution in [0, 0.1) is 35.0 Å². The number of rotatable bonds is 5. The summed E-state index contributed by atoms with van der Waals surface area (Å²) in [6.45, 7) is 2.58. The van der Waals surface area contributed by atoms with Gasteiger partial charge in [-0.3, -0.25) is 9.35 Å². The maximum Gasteiger partial charge on any atom is 0.307 e. The highest BCUT2D eigenvalue weighted by molar-refractivity contribution is 7.85. The Kier molecular flexibility index (Phi) is 5.66. The van der Waals surface area contributed by atoms with Crippen LogP contribution in [0.5, 0.6) is 0 Å². The molecule has 4 rings (SSSR count). The van der Waals surface area contributed by atoms with Crippen LogP contribution in [-0.2, 0) is 14.9 Å². The van der Waals surface area contributed by atoms with Gasteiger partial charge in [-0.25, -0.2) is 0 Å². The Morgan fingerprint density at radius 1 is 1.22 bits per heavy atom. The first kappa shape index (κ1) is 20.3. The summed E-state index contributed by atoms with van der Waals surface area (Å²) in [4.78, 5) is 11.5. The normalized spacial score (nSPS) is 34.8. The van der Waals surface area contributed by atoms with Crippen LogP contribution in [0.1, 0.15) is 39.0 Å². The van der Waals surface area contributed by atoms with Gasteiger partial charge in [0.2, 0.25) is 0 Å². The van der Waals surface area contributed by atoms with Gasteiger partial charge in [0.15, 0.2) is 0 Å². The monoisotopic (exact) mass is 395 g/mol. The largest absolute Gasteiger partial charge is 0.481 e. The molecule has 6 nitrogen and oxygen atoms in total. The lowest BCUT2D eigenvalue weighted by Gasteiger charge is -2.62. The molecule has 0 saturated heterocycles. The predicted octanol–water partition coefficient (Wildman–Crippen LogP) is 3.04. The fourth-order valence-corrected chi connectivity index (χ4v) is 6.77. The average Bonchev–Trinajstić information content (AvgIpc) is 2.81. The van der Waals surface area contributed by atoms with Crippen molar-refractivity contribution in [1.82, 2.24) is 0 Å². The highest BCUT2D eigenvalue weighted by Gasteiger charge is 2.68. The molecule has 0 aromatic heterocycles. The molecular formula is C20H29NO5S. The van der Waals surface area contributed by atoms with Crippen molar-refractivity contribution in [2.75, 3.05) is 6.54 Å². The van der Waals surface area contributed by atoms with Gasteiger partial charge >= 0.3 is 5.97 Å². The highest BCUT2D eigenvalue weighted by Crippen LogP contribution is 2.71. The van der Waals surface area contributed by atoms with E-state index in [0.717, 1.165) is 18.3 Å². The molecule has 6 atom stereocenters. The third-order valence-corrected chi connectivity index (χ3v) is 8.11. The Hall–Kier alpha value is -1.44. The number of fused-ring (bicyclic) bond motifs is 1. The van der Waals surface area contributed by atoms with Crippen LogP contribution >= 0.6 is 0 Å². The lowest BCUT2D eigenvalue weighted by Crippen LogP contribution is -2.63. The summed E-state index contributed by atoms with van der Waals surface area (Å²) in [7, 11) is -4.00. The molecule has 0 heterocycles. The zero-order valence-electron chi connectivity index (χ0n) is 15.6. The van der Waals surface area contributed by atoms with Crippen molar-refractivity contribution in [1.29, 1.82) is 0 Å². The maximum atomic E-state index is 11.5. The smallest absolute Gasteiger partial charge is 0.307 e. The van der Waals surface area contributed by atoms with Crippen LogP contribution in [-0.4, -0.2) is 30.6 Å². The van der Waals surface area contributed by atoms with Gasteiger partial charge in [-0.2, -0.15) is 8.42 Å². The lowest BCUT2D eigenvalue weighted by atomic mass is 9.42.